The second-order valence-electron chi connectivity index (χ2n) is 4.95. The maximum Gasteiger partial charge on any atom is 0.398 e. The Balaban J connectivity index is 2.14. The van der Waals surface area contributed by atoms with Gasteiger partial charge in [-0.25, -0.2) is 4.39 Å². The molecule has 0 heterocycles. The summed E-state index contributed by atoms with van der Waals surface area (Å²) >= 11 is 2.85. The molecule has 0 unspecified atom stereocenters. The third kappa shape index (κ3) is 5.56. The Morgan fingerprint density at radius 2 is 1.87 bits per heavy atom. The van der Waals surface area contributed by atoms with Gasteiger partial charge in [0.15, 0.2) is 0 Å². The van der Waals surface area contributed by atoms with Gasteiger partial charge in [0.05, 0.1) is 11.4 Å². The molecule has 0 bridgehead atoms. The number of anilines is 1. The third-order valence-electron chi connectivity index (χ3n) is 3.08. The average molecular weight is 455 g/mol. The second-order valence-corrected chi connectivity index (χ2v) is 7.13. The Morgan fingerprint density at radius 3 is 2.52 bits per heavy atom. The Hall–Kier alpha value is -0.960. The standard InChI is InChI=1S/C16H14F4INS/c1-10-6-12(17)14(7-15(10)23-9-16(18,19)20)22-8-11-4-2-3-5-13(11)21/h2-7,22H,8-9H2,1H3. The van der Waals surface area contributed by atoms with Gasteiger partial charge < -0.3 is 5.32 Å². The molecule has 1 nitrogen and oxygen atoms in total. The van der Waals surface area contributed by atoms with Crippen LogP contribution in [-0.4, -0.2) is 11.9 Å². The van der Waals surface area contributed by atoms with E-state index in [-0.39, 0.29) is 5.69 Å². The van der Waals surface area contributed by atoms with Crippen LogP contribution < -0.4 is 5.32 Å². The van der Waals surface area contributed by atoms with Crippen LogP contribution in [0.15, 0.2) is 41.3 Å². The molecule has 0 saturated carbocycles. The van der Waals surface area contributed by atoms with Crippen LogP contribution in [0.2, 0.25) is 0 Å². The zero-order valence-corrected chi connectivity index (χ0v) is 15.2. The van der Waals surface area contributed by atoms with Gasteiger partial charge in [0.2, 0.25) is 0 Å². The van der Waals surface area contributed by atoms with Crippen molar-refractivity contribution in [2.75, 3.05) is 11.1 Å². The lowest BCUT2D eigenvalue weighted by molar-refractivity contribution is -0.105. The molecule has 0 aliphatic rings. The molecule has 2 aromatic rings. The molecule has 0 atom stereocenters. The van der Waals surface area contributed by atoms with Crippen molar-refractivity contribution >= 4 is 40.0 Å². The number of aryl methyl sites for hydroxylation is 1. The van der Waals surface area contributed by atoms with Gasteiger partial charge in [-0.1, -0.05) is 18.2 Å². The molecule has 1 N–H and O–H groups in total. The quantitative estimate of drug-likeness (QED) is 0.337. The summed E-state index contributed by atoms with van der Waals surface area (Å²) in [7, 11) is 0. The smallest absolute Gasteiger partial charge is 0.379 e. The molecule has 0 amide bonds. The largest absolute Gasteiger partial charge is 0.398 e. The molecule has 124 valence electrons. The molecule has 23 heavy (non-hydrogen) atoms. The first kappa shape index (κ1) is 18.4. The molecule has 0 spiro atoms. The number of alkyl halides is 3. The van der Waals surface area contributed by atoms with Crippen LogP contribution in [0.4, 0.5) is 23.2 Å². The van der Waals surface area contributed by atoms with E-state index >= 15 is 0 Å². The van der Waals surface area contributed by atoms with E-state index in [9.17, 15) is 17.6 Å². The van der Waals surface area contributed by atoms with E-state index in [1.54, 1.807) is 6.92 Å². The highest BCUT2D eigenvalue weighted by Crippen LogP contribution is 2.32. The first-order valence-corrected chi connectivity index (χ1v) is 8.79. The fourth-order valence-electron chi connectivity index (χ4n) is 1.94. The molecule has 0 saturated heterocycles. The van der Waals surface area contributed by atoms with Crippen molar-refractivity contribution in [1.82, 2.24) is 0 Å². The van der Waals surface area contributed by atoms with Gasteiger partial charge in [-0.15, -0.1) is 11.8 Å². The van der Waals surface area contributed by atoms with Crippen molar-refractivity contribution in [3.8, 4) is 0 Å². The lowest BCUT2D eigenvalue weighted by Crippen LogP contribution is -2.11. The van der Waals surface area contributed by atoms with Crippen LogP contribution >= 0.6 is 34.4 Å². The predicted octanol–water partition coefficient (Wildman–Crippen LogP) is 6.01. The van der Waals surface area contributed by atoms with Gasteiger partial charge in [0.25, 0.3) is 0 Å². The Kier molecular flexibility index (Phi) is 6.19. The van der Waals surface area contributed by atoms with E-state index in [1.165, 1.54) is 12.1 Å². The highest BCUT2D eigenvalue weighted by atomic mass is 127. The van der Waals surface area contributed by atoms with Crippen molar-refractivity contribution in [3.05, 3.63) is 56.9 Å². The summed E-state index contributed by atoms with van der Waals surface area (Å²) in [6, 6.07) is 10.3. The van der Waals surface area contributed by atoms with Crippen molar-refractivity contribution in [1.29, 1.82) is 0 Å². The van der Waals surface area contributed by atoms with Gasteiger partial charge in [-0.2, -0.15) is 13.2 Å². The van der Waals surface area contributed by atoms with Gasteiger partial charge in [0.1, 0.15) is 5.82 Å². The minimum atomic E-state index is -4.25. The lowest BCUT2D eigenvalue weighted by atomic mass is 10.2. The Labute approximate surface area is 150 Å². The fourth-order valence-corrected chi connectivity index (χ4v) is 3.32. The number of halogens is 5. The molecule has 2 aromatic carbocycles. The average Bonchev–Trinajstić information content (AvgIpc) is 2.46. The predicted molar refractivity (Wildman–Crippen MR) is 94.4 cm³/mol. The van der Waals surface area contributed by atoms with Crippen molar-refractivity contribution in [2.45, 2.75) is 24.5 Å². The van der Waals surface area contributed by atoms with Gasteiger partial charge in [-0.05, 0) is 58.8 Å². The summed E-state index contributed by atoms with van der Waals surface area (Å²) in [6.07, 6.45) is -4.25. The zero-order valence-electron chi connectivity index (χ0n) is 12.2. The summed E-state index contributed by atoms with van der Waals surface area (Å²) in [5, 5.41) is 2.96. The molecule has 0 aliphatic carbocycles. The van der Waals surface area contributed by atoms with Gasteiger partial charge >= 0.3 is 6.18 Å². The molecular weight excluding hydrogens is 441 g/mol. The number of rotatable bonds is 5. The number of benzene rings is 2. The Morgan fingerprint density at radius 1 is 1.17 bits per heavy atom. The molecule has 0 aliphatic heterocycles. The molecular formula is C16H14F4INS. The maximum atomic E-state index is 14.0. The molecule has 7 heteroatoms. The summed E-state index contributed by atoms with van der Waals surface area (Å²) in [4.78, 5) is 0.425. The van der Waals surface area contributed by atoms with Crippen LogP contribution in [0.1, 0.15) is 11.1 Å². The highest BCUT2D eigenvalue weighted by Gasteiger charge is 2.27. The van der Waals surface area contributed by atoms with Crippen molar-refractivity contribution in [3.63, 3.8) is 0 Å². The number of hydrogen-bond donors (Lipinski definition) is 1. The van der Waals surface area contributed by atoms with Gasteiger partial charge in [-0.3, -0.25) is 0 Å². The number of thioether (sulfide) groups is 1. The SMILES string of the molecule is Cc1cc(F)c(NCc2ccccc2I)cc1SCC(F)(F)F. The fraction of sp³-hybridized carbons (Fsp3) is 0.250. The molecule has 0 fully saturated rings. The molecule has 0 aromatic heterocycles. The second kappa shape index (κ2) is 7.74. The van der Waals surface area contributed by atoms with Crippen molar-refractivity contribution in [2.24, 2.45) is 0 Å². The van der Waals surface area contributed by atoms with E-state index in [1.807, 2.05) is 24.3 Å². The summed E-state index contributed by atoms with van der Waals surface area (Å²) in [5.41, 5.74) is 1.70. The van der Waals surface area contributed by atoms with Crippen LogP contribution in [0, 0.1) is 16.3 Å². The first-order chi connectivity index (χ1) is 10.8. The van der Waals surface area contributed by atoms with Gasteiger partial charge in [0, 0.05) is 15.0 Å². The van der Waals surface area contributed by atoms with E-state index in [0.717, 1.165) is 9.13 Å². The van der Waals surface area contributed by atoms with Crippen LogP contribution in [0.25, 0.3) is 0 Å². The maximum absolute atomic E-state index is 14.0. The minimum Gasteiger partial charge on any atom is -0.379 e. The van der Waals surface area contributed by atoms with E-state index < -0.39 is 17.7 Å². The number of hydrogen-bond acceptors (Lipinski definition) is 2. The van der Waals surface area contributed by atoms with E-state index in [4.69, 9.17) is 0 Å². The summed E-state index contributed by atoms with van der Waals surface area (Å²) in [5.74, 6) is -1.46. The van der Waals surface area contributed by atoms with Crippen molar-refractivity contribution < 1.29 is 17.6 Å². The summed E-state index contributed by atoms with van der Waals surface area (Å²) in [6.45, 7) is 2.01. The first-order valence-electron chi connectivity index (χ1n) is 6.73. The Bertz CT molecular complexity index is 688. The lowest BCUT2D eigenvalue weighted by Gasteiger charge is -2.13. The van der Waals surface area contributed by atoms with Crippen LogP contribution in [0.5, 0.6) is 0 Å². The van der Waals surface area contributed by atoms with Crippen LogP contribution in [-0.2, 0) is 6.54 Å². The molecule has 0 radical (unpaired) electrons. The number of nitrogens with one attached hydrogen (secondary N) is 1. The zero-order chi connectivity index (χ0) is 17.0. The van der Waals surface area contributed by atoms with Crippen LogP contribution in [0.3, 0.4) is 0 Å². The normalized spacial score (nSPS) is 11.6. The van der Waals surface area contributed by atoms with E-state index in [2.05, 4.69) is 27.9 Å². The topological polar surface area (TPSA) is 12.0 Å². The highest BCUT2D eigenvalue weighted by molar-refractivity contribution is 14.1. The summed E-state index contributed by atoms with van der Waals surface area (Å²) < 4.78 is 52.1. The monoisotopic (exact) mass is 455 g/mol. The van der Waals surface area contributed by atoms with E-state index in [0.29, 0.717) is 28.8 Å². The molecule has 2 rings (SSSR count). The third-order valence-corrected chi connectivity index (χ3v) is 5.36. The minimum absolute atomic E-state index is 0.208.